The predicted octanol–water partition coefficient (Wildman–Crippen LogP) is 2.82. The Labute approximate surface area is 143 Å². The number of carbonyl (C=O) groups is 1. The summed E-state index contributed by atoms with van der Waals surface area (Å²) in [6, 6.07) is 6.68. The fourth-order valence-electron chi connectivity index (χ4n) is 2.34. The topological polar surface area (TPSA) is 58.1 Å². The zero-order valence-electron chi connectivity index (χ0n) is 13.4. The maximum atomic E-state index is 14.1. The van der Waals surface area contributed by atoms with Crippen molar-refractivity contribution in [2.75, 3.05) is 14.1 Å². The number of halogens is 1. The maximum Gasteiger partial charge on any atom is 0.254 e. The number of hydrogen-bond donors (Lipinski definition) is 1. The van der Waals surface area contributed by atoms with Gasteiger partial charge in [0.2, 0.25) is 0 Å². The number of carbonyl (C=O) groups excluding carboxylic acids is 1. The van der Waals surface area contributed by atoms with Gasteiger partial charge in [0.15, 0.2) is 0 Å². The van der Waals surface area contributed by atoms with Gasteiger partial charge < -0.3 is 10.2 Å². The Bertz CT molecular complexity index is 878. The molecule has 3 aromatic rings. The summed E-state index contributed by atoms with van der Waals surface area (Å²) < 4.78 is 14.1. The lowest BCUT2D eigenvalue weighted by Gasteiger charge is -2.07. The minimum absolute atomic E-state index is 0.0203. The largest absolute Gasteiger partial charge is 0.347 e. The minimum Gasteiger partial charge on any atom is -0.347 e. The van der Waals surface area contributed by atoms with Crippen molar-refractivity contribution < 1.29 is 9.18 Å². The Morgan fingerprint density at radius 2 is 1.83 bits per heavy atom. The van der Waals surface area contributed by atoms with E-state index in [1.807, 2.05) is 26.2 Å². The van der Waals surface area contributed by atoms with E-state index in [2.05, 4.69) is 20.2 Å². The Morgan fingerprint density at radius 3 is 2.54 bits per heavy atom. The van der Waals surface area contributed by atoms with Gasteiger partial charge in [-0.25, -0.2) is 4.39 Å². The normalized spacial score (nSPS) is 11.2. The van der Waals surface area contributed by atoms with Crippen LogP contribution >= 0.6 is 11.3 Å². The number of fused-ring (bicyclic) bond motifs is 1. The molecule has 124 valence electrons. The number of hydrogen-bond acceptors (Lipinski definition) is 5. The van der Waals surface area contributed by atoms with E-state index in [1.54, 1.807) is 11.3 Å². The van der Waals surface area contributed by atoms with E-state index in [1.165, 1.54) is 29.4 Å². The van der Waals surface area contributed by atoms with Crippen LogP contribution in [-0.4, -0.2) is 34.9 Å². The molecule has 0 spiro atoms. The van der Waals surface area contributed by atoms with Crippen molar-refractivity contribution in [3.05, 3.63) is 57.8 Å². The fraction of sp³-hybridized carbons (Fsp3) is 0.235. The molecule has 0 unspecified atom stereocenters. The quantitative estimate of drug-likeness (QED) is 0.773. The van der Waals surface area contributed by atoms with Crippen LogP contribution in [0.3, 0.4) is 0 Å². The van der Waals surface area contributed by atoms with Gasteiger partial charge in [0.1, 0.15) is 5.82 Å². The van der Waals surface area contributed by atoms with E-state index in [9.17, 15) is 9.18 Å². The molecule has 0 aliphatic carbocycles. The molecule has 0 aliphatic rings. The molecule has 1 amide bonds. The van der Waals surface area contributed by atoms with Crippen LogP contribution in [0, 0.1) is 5.82 Å². The van der Waals surface area contributed by atoms with E-state index < -0.39 is 11.7 Å². The average molecular weight is 344 g/mol. The van der Waals surface area contributed by atoms with Crippen molar-refractivity contribution in [3.8, 4) is 0 Å². The average Bonchev–Trinajstić information content (AvgIpc) is 2.98. The van der Waals surface area contributed by atoms with Crippen LogP contribution in [0.5, 0.6) is 0 Å². The van der Waals surface area contributed by atoms with E-state index in [-0.39, 0.29) is 5.56 Å². The second-order valence-electron chi connectivity index (χ2n) is 5.67. The Hall–Kier alpha value is -2.38. The Morgan fingerprint density at radius 1 is 1.17 bits per heavy atom. The summed E-state index contributed by atoms with van der Waals surface area (Å²) in [7, 11) is 4.01. The summed E-state index contributed by atoms with van der Waals surface area (Å²) in [5.41, 5.74) is 0.902. The van der Waals surface area contributed by atoms with Crippen molar-refractivity contribution in [2.45, 2.75) is 13.1 Å². The van der Waals surface area contributed by atoms with Crippen LogP contribution in [0.25, 0.3) is 11.0 Å². The van der Waals surface area contributed by atoms with E-state index in [0.717, 1.165) is 11.4 Å². The highest BCUT2D eigenvalue weighted by molar-refractivity contribution is 7.11. The van der Waals surface area contributed by atoms with Crippen LogP contribution in [0.4, 0.5) is 4.39 Å². The van der Waals surface area contributed by atoms with Gasteiger partial charge >= 0.3 is 0 Å². The third-order valence-electron chi connectivity index (χ3n) is 3.42. The Kier molecular flexibility index (Phi) is 4.82. The van der Waals surface area contributed by atoms with Gasteiger partial charge in [-0.15, -0.1) is 11.3 Å². The summed E-state index contributed by atoms with van der Waals surface area (Å²) in [6.45, 7) is 1.23. The van der Waals surface area contributed by atoms with Crippen LogP contribution in [0.15, 0.2) is 36.7 Å². The van der Waals surface area contributed by atoms with Gasteiger partial charge in [0, 0.05) is 34.8 Å². The zero-order valence-corrected chi connectivity index (χ0v) is 14.2. The van der Waals surface area contributed by atoms with Gasteiger partial charge in [-0.2, -0.15) is 0 Å². The molecule has 0 radical (unpaired) electrons. The Balaban J connectivity index is 1.71. The molecule has 0 saturated carbocycles. The summed E-state index contributed by atoms with van der Waals surface area (Å²) in [5.74, 6) is -1.05. The summed E-state index contributed by atoms with van der Waals surface area (Å²) in [6.07, 6.45) is 3.00. The molecule has 1 aromatic carbocycles. The highest BCUT2D eigenvalue weighted by Crippen LogP contribution is 2.19. The third-order valence-corrected chi connectivity index (χ3v) is 4.49. The first kappa shape index (κ1) is 16.5. The van der Waals surface area contributed by atoms with E-state index in [4.69, 9.17) is 0 Å². The summed E-state index contributed by atoms with van der Waals surface area (Å²) in [4.78, 5) is 24.7. The first-order valence-corrected chi connectivity index (χ1v) is 8.25. The van der Waals surface area contributed by atoms with Gasteiger partial charge in [-0.05, 0) is 32.3 Å². The molecule has 0 fully saturated rings. The van der Waals surface area contributed by atoms with Crippen molar-refractivity contribution in [1.29, 1.82) is 0 Å². The molecule has 7 heteroatoms. The first-order valence-electron chi connectivity index (χ1n) is 7.43. The predicted molar refractivity (Wildman–Crippen MR) is 92.4 cm³/mol. The number of benzene rings is 1. The molecular weight excluding hydrogens is 327 g/mol. The molecule has 0 bridgehead atoms. The van der Waals surface area contributed by atoms with E-state index in [0.29, 0.717) is 17.6 Å². The van der Waals surface area contributed by atoms with Gasteiger partial charge in [-0.3, -0.25) is 14.8 Å². The molecule has 24 heavy (non-hydrogen) atoms. The smallest absolute Gasteiger partial charge is 0.254 e. The second kappa shape index (κ2) is 7.02. The minimum atomic E-state index is -0.597. The van der Waals surface area contributed by atoms with Crippen molar-refractivity contribution >= 4 is 28.3 Å². The highest BCUT2D eigenvalue weighted by atomic mass is 32.1. The molecule has 0 aliphatic heterocycles. The monoisotopic (exact) mass is 344 g/mol. The molecular formula is C17H17FN4OS. The van der Waals surface area contributed by atoms with Crippen molar-refractivity contribution in [2.24, 2.45) is 0 Å². The number of nitrogens with zero attached hydrogens (tertiary/aromatic N) is 3. The molecule has 2 aromatic heterocycles. The lowest BCUT2D eigenvalue weighted by Crippen LogP contribution is -2.23. The molecule has 1 N–H and O–H groups in total. The fourth-order valence-corrected chi connectivity index (χ4v) is 3.41. The van der Waals surface area contributed by atoms with Crippen molar-refractivity contribution in [1.82, 2.24) is 20.2 Å². The van der Waals surface area contributed by atoms with Crippen molar-refractivity contribution in [3.63, 3.8) is 0 Å². The lowest BCUT2D eigenvalue weighted by molar-refractivity contribution is 0.0947. The highest BCUT2D eigenvalue weighted by Gasteiger charge is 2.14. The maximum absolute atomic E-state index is 14.1. The molecule has 0 atom stereocenters. The van der Waals surface area contributed by atoms with Crippen LogP contribution in [0.2, 0.25) is 0 Å². The number of nitrogens with one attached hydrogen (secondary N) is 1. The number of amides is 1. The van der Waals surface area contributed by atoms with Gasteiger partial charge in [-0.1, -0.05) is 0 Å². The van der Waals surface area contributed by atoms with Gasteiger partial charge in [0.05, 0.1) is 23.1 Å². The molecule has 3 rings (SSSR count). The number of thiophene rings is 1. The number of rotatable bonds is 5. The standard InChI is InChI=1S/C17H17FN4OS/c1-22(2)10-12-4-3-11(24-12)9-21-17(23)13-7-15-16(8-14(13)18)20-6-5-19-15/h3-8H,9-10H2,1-2H3,(H,21,23). The molecule has 2 heterocycles. The molecule has 0 saturated heterocycles. The zero-order chi connectivity index (χ0) is 17.1. The van der Waals surface area contributed by atoms with Crippen LogP contribution < -0.4 is 5.32 Å². The van der Waals surface area contributed by atoms with Gasteiger partial charge in [0.25, 0.3) is 5.91 Å². The third kappa shape index (κ3) is 3.74. The summed E-state index contributed by atoms with van der Waals surface area (Å²) >= 11 is 1.63. The molecule has 5 nitrogen and oxygen atoms in total. The number of aromatic nitrogens is 2. The van der Waals surface area contributed by atoms with E-state index >= 15 is 0 Å². The second-order valence-corrected chi connectivity index (χ2v) is 6.92. The lowest BCUT2D eigenvalue weighted by atomic mass is 10.1. The first-order chi connectivity index (χ1) is 11.5. The summed E-state index contributed by atoms with van der Waals surface area (Å²) in [5, 5.41) is 2.76. The van der Waals surface area contributed by atoms with Crippen LogP contribution in [0.1, 0.15) is 20.1 Å². The van der Waals surface area contributed by atoms with Crippen LogP contribution in [-0.2, 0) is 13.1 Å². The SMILES string of the molecule is CN(C)Cc1ccc(CNC(=O)c2cc3nccnc3cc2F)s1.